The van der Waals surface area contributed by atoms with Gasteiger partial charge in [-0.15, -0.1) is 0 Å². The molecule has 3 rings (SSSR count). The van der Waals surface area contributed by atoms with Crippen molar-refractivity contribution in [1.29, 1.82) is 0 Å². The smallest absolute Gasteiger partial charge is 0.160 e. The maximum absolute atomic E-state index is 12.6. The first-order valence-electron chi connectivity index (χ1n) is 8.24. The van der Waals surface area contributed by atoms with Crippen molar-refractivity contribution in [2.24, 2.45) is 5.92 Å². The van der Waals surface area contributed by atoms with Gasteiger partial charge in [-0.3, -0.25) is 4.79 Å². The van der Waals surface area contributed by atoms with Gasteiger partial charge in [0.05, 0.1) is 12.6 Å². The van der Waals surface area contributed by atoms with E-state index in [-0.39, 0.29) is 17.2 Å². The molecule has 1 aromatic rings. The molecule has 1 fully saturated rings. The average Bonchev–Trinajstić information content (AvgIpc) is 2.78. The Balaban J connectivity index is 1.92. The second-order valence-corrected chi connectivity index (χ2v) is 6.96. The van der Waals surface area contributed by atoms with E-state index in [1.54, 1.807) is 7.11 Å². The molecular weight excluding hydrogens is 274 g/mol. The van der Waals surface area contributed by atoms with Gasteiger partial charge in [0.15, 0.2) is 5.78 Å². The Labute approximate surface area is 132 Å². The van der Waals surface area contributed by atoms with Gasteiger partial charge in [0, 0.05) is 23.3 Å². The third-order valence-corrected chi connectivity index (χ3v) is 4.93. The van der Waals surface area contributed by atoms with E-state index in [1.165, 1.54) is 24.8 Å². The minimum atomic E-state index is -0.152. The molecule has 3 heteroatoms. The van der Waals surface area contributed by atoms with Gasteiger partial charge in [-0.2, -0.15) is 0 Å². The van der Waals surface area contributed by atoms with E-state index in [0.29, 0.717) is 0 Å². The fourth-order valence-corrected chi connectivity index (χ4v) is 3.65. The van der Waals surface area contributed by atoms with Crippen LogP contribution in [0, 0.1) is 5.92 Å². The predicted molar refractivity (Wildman–Crippen MR) is 88.7 cm³/mol. The van der Waals surface area contributed by atoms with Crippen molar-refractivity contribution in [3.63, 3.8) is 0 Å². The third-order valence-electron chi connectivity index (χ3n) is 4.93. The molecule has 1 aliphatic carbocycles. The summed E-state index contributed by atoms with van der Waals surface area (Å²) in [6, 6.07) is 6.10. The number of benzene rings is 1. The molecule has 1 aromatic carbocycles. The van der Waals surface area contributed by atoms with Crippen molar-refractivity contribution in [2.45, 2.75) is 51.5 Å². The van der Waals surface area contributed by atoms with Crippen molar-refractivity contribution >= 4 is 11.5 Å². The minimum absolute atomic E-state index is 0.152. The van der Waals surface area contributed by atoms with Crippen molar-refractivity contribution in [3.05, 3.63) is 35.4 Å². The van der Waals surface area contributed by atoms with Crippen LogP contribution in [-0.2, 0) is 10.3 Å². The van der Waals surface area contributed by atoms with Crippen LogP contribution in [0.2, 0.25) is 0 Å². The van der Waals surface area contributed by atoms with E-state index in [1.807, 2.05) is 18.2 Å². The number of ketones is 1. The molecule has 0 atom stereocenters. The first-order valence-corrected chi connectivity index (χ1v) is 8.24. The first-order chi connectivity index (χ1) is 10.5. The summed E-state index contributed by atoms with van der Waals surface area (Å²) in [5.74, 6) is 1.31. The van der Waals surface area contributed by atoms with E-state index in [2.05, 4.69) is 25.2 Å². The molecule has 1 saturated carbocycles. The average molecular weight is 299 g/mol. The number of carbonyl (C=O) groups is 1. The van der Waals surface area contributed by atoms with Gasteiger partial charge in [-0.1, -0.05) is 25.3 Å². The summed E-state index contributed by atoms with van der Waals surface area (Å²) in [5, 5.41) is 3.50. The molecule has 0 spiro atoms. The van der Waals surface area contributed by atoms with E-state index < -0.39 is 0 Å². The molecule has 118 valence electrons. The first kappa shape index (κ1) is 15.1. The van der Waals surface area contributed by atoms with Crippen LogP contribution in [0.4, 0.5) is 0 Å². The highest BCUT2D eigenvalue weighted by molar-refractivity contribution is 5.99. The summed E-state index contributed by atoms with van der Waals surface area (Å²) >= 11 is 0. The van der Waals surface area contributed by atoms with Crippen LogP contribution in [0.25, 0.3) is 5.70 Å². The van der Waals surface area contributed by atoms with Gasteiger partial charge in [0.25, 0.3) is 0 Å². The number of rotatable bonds is 3. The molecule has 0 unspecified atom stereocenters. The van der Waals surface area contributed by atoms with Crippen LogP contribution in [-0.4, -0.2) is 12.9 Å². The predicted octanol–water partition coefficient (Wildman–Crippen LogP) is 4.02. The number of nitrogens with one attached hydrogen (secondary N) is 1. The number of fused-ring (bicyclic) bond motifs is 1. The van der Waals surface area contributed by atoms with Gasteiger partial charge in [-0.25, -0.2) is 0 Å². The number of methoxy groups -OCH3 is 1. The van der Waals surface area contributed by atoms with Crippen LogP contribution in [0.15, 0.2) is 24.3 Å². The molecule has 0 amide bonds. The maximum Gasteiger partial charge on any atom is 0.160 e. The normalized spacial score (nSPS) is 22.2. The molecule has 0 aromatic heterocycles. The monoisotopic (exact) mass is 299 g/mol. The summed E-state index contributed by atoms with van der Waals surface area (Å²) in [7, 11) is 1.67. The lowest BCUT2D eigenvalue weighted by Crippen LogP contribution is -2.29. The van der Waals surface area contributed by atoms with Crippen LogP contribution >= 0.6 is 0 Å². The fourth-order valence-electron chi connectivity index (χ4n) is 3.65. The van der Waals surface area contributed by atoms with Crippen LogP contribution < -0.4 is 10.1 Å². The molecule has 0 bridgehead atoms. The van der Waals surface area contributed by atoms with E-state index >= 15 is 0 Å². The summed E-state index contributed by atoms with van der Waals surface area (Å²) in [4.78, 5) is 12.6. The Morgan fingerprint density at radius 1 is 1.27 bits per heavy atom. The van der Waals surface area contributed by atoms with E-state index in [0.717, 1.165) is 29.9 Å². The lowest BCUT2D eigenvalue weighted by Gasteiger charge is -2.21. The Hall–Kier alpha value is -1.77. The second-order valence-electron chi connectivity index (χ2n) is 6.96. The quantitative estimate of drug-likeness (QED) is 0.857. The fraction of sp³-hybridized carbons (Fsp3) is 0.526. The summed E-state index contributed by atoms with van der Waals surface area (Å²) in [5.41, 5.74) is 3.10. The molecule has 2 aliphatic rings. The zero-order valence-electron chi connectivity index (χ0n) is 13.7. The second kappa shape index (κ2) is 5.79. The number of hydrogen-bond donors (Lipinski definition) is 1. The van der Waals surface area contributed by atoms with Gasteiger partial charge >= 0.3 is 0 Å². The standard InChI is InChI=1S/C19H25NO2/c1-19(2)16-10-9-14(22-3)11-15(16)17(20-19)12-18(21)13-7-5-4-6-8-13/h9-13,20H,4-8H2,1-3H3/b17-12-. The van der Waals surface area contributed by atoms with Crippen LogP contribution in [0.3, 0.4) is 0 Å². The SMILES string of the molecule is COc1ccc2c(c1)/C(=C/C(=O)C1CCCCC1)NC2(C)C. The number of ether oxygens (including phenoxy) is 1. The van der Waals surface area contributed by atoms with Crippen LogP contribution in [0.1, 0.15) is 57.1 Å². The zero-order chi connectivity index (χ0) is 15.7. The van der Waals surface area contributed by atoms with E-state index in [9.17, 15) is 4.79 Å². The largest absolute Gasteiger partial charge is 0.497 e. The van der Waals surface area contributed by atoms with Gasteiger partial charge in [0.2, 0.25) is 0 Å². The molecule has 3 nitrogen and oxygen atoms in total. The van der Waals surface area contributed by atoms with Crippen molar-refractivity contribution in [3.8, 4) is 5.75 Å². The summed E-state index contributed by atoms with van der Waals surface area (Å²) in [6.07, 6.45) is 7.54. The summed E-state index contributed by atoms with van der Waals surface area (Å²) in [6.45, 7) is 4.29. The number of hydrogen-bond acceptors (Lipinski definition) is 3. The van der Waals surface area contributed by atoms with Crippen molar-refractivity contribution < 1.29 is 9.53 Å². The summed E-state index contributed by atoms with van der Waals surface area (Å²) < 4.78 is 5.34. The minimum Gasteiger partial charge on any atom is -0.497 e. The lowest BCUT2D eigenvalue weighted by molar-refractivity contribution is -0.119. The number of carbonyl (C=O) groups excluding carboxylic acids is 1. The van der Waals surface area contributed by atoms with Gasteiger partial charge in [-0.05, 0) is 44.4 Å². The third kappa shape index (κ3) is 2.77. The lowest BCUT2D eigenvalue weighted by atomic mass is 9.86. The van der Waals surface area contributed by atoms with Crippen LogP contribution in [0.5, 0.6) is 5.75 Å². The molecule has 22 heavy (non-hydrogen) atoms. The highest BCUT2D eigenvalue weighted by Gasteiger charge is 2.33. The van der Waals surface area contributed by atoms with Gasteiger partial charge < -0.3 is 10.1 Å². The highest BCUT2D eigenvalue weighted by Crippen LogP contribution is 2.39. The topological polar surface area (TPSA) is 38.3 Å². The van der Waals surface area contributed by atoms with E-state index in [4.69, 9.17) is 4.74 Å². The Morgan fingerprint density at radius 2 is 2.00 bits per heavy atom. The molecular formula is C19H25NO2. The molecule has 1 aliphatic heterocycles. The molecule has 0 radical (unpaired) electrons. The molecule has 1 heterocycles. The maximum atomic E-state index is 12.6. The molecule has 0 saturated heterocycles. The zero-order valence-corrected chi connectivity index (χ0v) is 13.7. The Bertz CT molecular complexity index is 610. The molecule has 1 N–H and O–H groups in total. The van der Waals surface area contributed by atoms with Crippen molar-refractivity contribution in [1.82, 2.24) is 5.32 Å². The Morgan fingerprint density at radius 3 is 2.68 bits per heavy atom. The number of allylic oxidation sites excluding steroid dienone is 1. The Kier molecular flexibility index (Phi) is 3.98. The highest BCUT2D eigenvalue weighted by atomic mass is 16.5. The van der Waals surface area contributed by atoms with Crippen molar-refractivity contribution in [2.75, 3.05) is 7.11 Å². The van der Waals surface area contributed by atoms with Gasteiger partial charge in [0.1, 0.15) is 5.75 Å².